The monoisotopic (exact) mass is 218 g/mol. The number of nitrogens with zero attached hydrogens (tertiary/aromatic N) is 1. The minimum Gasteiger partial charge on any atom is -0.385 e. The molecule has 0 saturated heterocycles. The minimum atomic E-state index is 0.136. The maximum absolute atomic E-state index is 11.5. The Bertz CT molecular complexity index is 401. The van der Waals surface area contributed by atoms with Gasteiger partial charge in [-0.25, -0.2) is 0 Å². The zero-order valence-electron chi connectivity index (χ0n) is 9.92. The quantitative estimate of drug-likeness (QED) is 0.826. The van der Waals surface area contributed by atoms with E-state index in [4.69, 9.17) is 0 Å². The van der Waals surface area contributed by atoms with Crippen molar-refractivity contribution in [1.29, 1.82) is 0 Å². The standard InChI is InChI=1S/C13H18N2O/c1-3-14-12-6-7-13-11(9-12)5-4-8-15(13)10(2)16/h6-7,9,14H,3-5,8H2,1-2H3. The molecular formula is C13H18N2O. The Morgan fingerprint density at radius 1 is 1.50 bits per heavy atom. The van der Waals surface area contributed by atoms with Gasteiger partial charge in [-0.1, -0.05) is 0 Å². The van der Waals surface area contributed by atoms with Gasteiger partial charge in [0.25, 0.3) is 0 Å². The van der Waals surface area contributed by atoms with Crippen LogP contribution >= 0.6 is 0 Å². The number of anilines is 2. The van der Waals surface area contributed by atoms with Crippen molar-refractivity contribution >= 4 is 17.3 Å². The van der Waals surface area contributed by atoms with E-state index in [1.54, 1.807) is 6.92 Å². The van der Waals surface area contributed by atoms with Crippen molar-refractivity contribution in [1.82, 2.24) is 0 Å². The van der Waals surface area contributed by atoms with E-state index in [0.29, 0.717) is 0 Å². The van der Waals surface area contributed by atoms with Gasteiger partial charge in [0, 0.05) is 31.4 Å². The van der Waals surface area contributed by atoms with E-state index in [2.05, 4.69) is 18.3 Å². The fourth-order valence-electron chi connectivity index (χ4n) is 2.24. The van der Waals surface area contributed by atoms with Crippen LogP contribution in [0.1, 0.15) is 25.8 Å². The Hall–Kier alpha value is -1.51. The van der Waals surface area contributed by atoms with Crippen LogP contribution in [0.2, 0.25) is 0 Å². The van der Waals surface area contributed by atoms with Gasteiger partial charge in [0.05, 0.1) is 0 Å². The zero-order chi connectivity index (χ0) is 11.5. The molecule has 0 radical (unpaired) electrons. The van der Waals surface area contributed by atoms with Crippen LogP contribution < -0.4 is 10.2 Å². The predicted octanol–water partition coefficient (Wildman–Crippen LogP) is 2.42. The lowest BCUT2D eigenvalue weighted by molar-refractivity contribution is -0.116. The fraction of sp³-hybridized carbons (Fsp3) is 0.462. The highest BCUT2D eigenvalue weighted by atomic mass is 16.2. The van der Waals surface area contributed by atoms with Crippen LogP contribution in [-0.2, 0) is 11.2 Å². The van der Waals surface area contributed by atoms with E-state index < -0.39 is 0 Å². The number of hydrogen-bond donors (Lipinski definition) is 1. The predicted molar refractivity (Wildman–Crippen MR) is 67.0 cm³/mol. The van der Waals surface area contributed by atoms with Crippen molar-refractivity contribution in [3.8, 4) is 0 Å². The van der Waals surface area contributed by atoms with Crippen LogP contribution in [0.3, 0.4) is 0 Å². The summed E-state index contributed by atoms with van der Waals surface area (Å²) in [6.07, 6.45) is 2.13. The molecular weight excluding hydrogens is 200 g/mol. The van der Waals surface area contributed by atoms with E-state index in [1.807, 2.05) is 17.0 Å². The lowest BCUT2D eigenvalue weighted by Crippen LogP contribution is -2.33. The number of hydrogen-bond acceptors (Lipinski definition) is 2. The molecule has 0 saturated carbocycles. The molecule has 3 nitrogen and oxygen atoms in total. The molecule has 0 fully saturated rings. The summed E-state index contributed by atoms with van der Waals surface area (Å²) in [5.41, 5.74) is 3.51. The molecule has 1 aliphatic rings. The number of aryl methyl sites for hydroxylation is 1. The van der Waals surface area contributed by atoms with Gasteiger partial charge in [-0.2, -0.15) is 0 Å². The van der Waals surface area contributed by atoms with Crippen molar-refractivity contribution in [2.75, 3.05) is 23.3 Å². The molecule has 1 aromatic rings. The van der Waals surface area contributed by atoms with Gasteiger partial charge in [0.15, 0.2) is 0 Å². The van der Waals surface area contributed by atoms with Crippen molar-refractivity contribution in [3.05, 3.63) is 23.8 Å². The normalized spacial score (nSPS) is 14.5. The first-order chi connectivity index (χ1) is 7.72. The van der Waals surface area contributed by atoms with Gasteiger partial charge in [0.2, 0.25) is 5.91 Å². The van der Waals surface area contributed by atoms with E-state index >= 15 is 0 Å². The summed E-state index contributed by atoms with van der Waals surface area (Å²) >= 11 is 0. The third-order valence-corrected chi connectivity index (χ3v) is 2.96. The molecule has 1 N–H and O–H groups in total. The molecule has 0 aliphatic carbocycles. The molecule has 1 heterocycles. The average molecular weight is 218 g/mol. The summed E-state index contributed by atoms with van der Waals surface area (Å²) in [6, 6.07) is 6.26. The second-order valence-corrected chi connectivity index (χ2v) is 4.15. The topological polar surface area (TPSA) is 32.3 Å². The molecule has 1 aromatic carbocycles. The summed E-state index contributed by atoms with van der Waals surface area (Å²) < 4.78 is 0. The molecule has 86 valence electrons. The Labute approximate surface area is 96.5 Å². The lowest BCUT2D eigenvalue weighted by atomic mass is 10.0. The van der Waals surface area contributed by atoms with Crippen molar-refractivity contribution < 1.29 is 4.79 Å². The molecule has 16 heavy (non-hydrogen) atoms. The highest BCUT2D eigenvalue weighted by Crippen LogP contribution is 2.29. The van der Waals surface area contributed by atoms with Crippen LogP contribution in [0.15, 0.2) is 18.2 Å². The fourth-order valence-corrected chi connectivity index (χ4v) is 2.24. The molecule has 2 rings (SSSR count). The summed E-state index contributed by atoms with van der Waals surface area (Å²) in [5.74, 6) is 0.136. The maximum atomic E-state index is 11.5. The van der Waals surface area contributed by atoms with E-state index in [9.17, 15) is 4.79 Å². The van der Waals surface area contributed by atoms with Gasteiger partial charge >= 0.3 is 0 Å². The number of carbonyl (C=O) groups is 1. The van der Waals surface area contributed by atoms with Crippen LogP contribution in [0.4, 0.5) is 11.4 Å². The van der Waals surface area contributed by atoms with Gasteiger partial charge in [-0.05, 0) is 43.5 Å². The molecule has 0 unspecified atom stereocenters. The second-order valence-electron chi connectivity index (χ2n) is 4.15. The molecule has 0 spiro atoms. The summed E-state index contributed by atoms with van der Waals surface area (Å²) in [4.78, 5) is 13.4. The van der Waals surface area contributed by atoms with Crippen LogP contribution in [0.5, 0.6) is 0 Å². The third kappa shape index (κ3) is 2.03. The number of fused-ring (bicyclic) bond motifs is 1. The Balaban J connectivity index is 2.33. The molecule has 0 aromatic heterocycles. The number of benzene rings is 1. The Morgan fingerprint density at radius 3 is 3.00 bits per heavy atom. The van der Waals surface area contributed by atoms with Crippen LogP contribution in [0, 0.1) is 0 Å². The first-order valence-electron chi connectivity index (χ1n) is 5.87. The summed E-state index contributed by atoms with van der Waals surface area (Å²) in [7, 11) is 0. The average Bonchev–Trinajstić information content (AvgIpc) is 2.28. The van der Waals surface area contributed by atoms with Gasteiger partial charge in [-0.15, -0.1) is 0 Å². The smallest absolute Gasteiger partial charge is 0.223 e. The largest absolute Gasteiger partial charge is 0.385 e. The maximum Gasteiger partial charge on any atom is 0.223 e. The number of carbonyl (C=O) groups excluding carboxylic acids is 1. The first-order valence-corrected chi connectivity index (χ1v) is 5.87. The lowest BCUT2D eigenvalue weighted by Gasteiger charge is -2.29. The second kappa shape index (κ2) is 4.56. The van der Waals surface area contributed by atoms with Crippen molar-refractivity contribution in [2.24, 2.45) is 0 Å². The van der Waals surface area contributed by atoms with Crippen LogP contribution in [-0.4, -0.2) is 19.0 Å². The number of amides is 1. The SMILES string of the molecule is CCNc1ccc2c(c1)CCCN2C(C)=O. The number of rotatable bonds is 2. The Morgan fingerprint density at radius 2 is 2.31 bits per heavy atom. The highest BCUT2D eigenvalue weighted by Gasteiger charge is 2.19. The zero-order valence-corrected chi connectivity index (χ0v) is 9.92. The molecule has 3 heteroatoms. The highest BCUT2D eigenvalue weighted by molar-refractivity contribution is 5.93. The van der Waals surface area contributed by atoms with Crippen molar-refractivity contribution in [3.63, 3.8) is 0 Å². The molecule has 0 atom stereocenters. The summed E-state index contributed by atoms with van der Waals surface area (Å²) in [6.45, 7) is 5.49. The molecule has 1 aliphatic heterocycles. The molecule has 1 amide bonds. The third-order valence-electron chi connectivity index (χ3n) is 2.96. The Kier molecular flexibility index (Phi) is 3.13. The minimum absolute atomic E-state index is 0.136. The first kappa shape index (κ1) is 11.0. The van der Waals surface area contributed by atoms with Gasteiger partial charge in [0.1, 0.15) is 0 Å². The van der Waals surface area contributed by atoms with Gasteiger partial charge in [-0.3, -0.25) is 4.79 Å². The van der Waals surface area contributed by atoms with Crippen molar-refractivity contribution in [2.45, 2.75) is 26.7 Å². The van der Waals surface area contributed by atoms with E-state index in [-0.39, 0.29) is 5.91 Å². The van der Waals surface area contributed by atoms with E-state index in [1.165, 1.54) is 5.56 Å². The molecule has 0 bridgehead atoms. The summed E-state index contributed by atoms with van der Waals surface area (Å²) in [5, 5.41) is 3.30. The van der Waals surface area contributed by atoms with E-state index in [0.717, 1.165) is 37.3 Å². The van der Waals surface area contributed by atoms with Gasteiger partial charge < -0.3 is 10.2 Å². The number of nitrogens with one attached hydrogen (secondary N) is 1. The van der Waals surface area contributed by atoms with Crippen LogP contribution in [0.25, 0.3) is 0 Å².